The van der Waals surface area contributed by atoms with E-state index in [1.54, 1.807) is 4.68 Å². The van der Waals surface area contributed by atoms with Crippen LogP contribution in [0, 0.1) is 6.92 Å². The van der Waals surface area contributed by atoms with E-state index in [-0.39, 0.29) is 0 Å². The third-order valence-corrected chi connectivity index (χ3v) is 2.52. The van der Waals surface area contributed by atoms with E-state index < -0.39 is 0 Å². The smallest absolute Gasteiger partial charge is 0.119 e. The van der Waals surface area contributed by atoms with E-state index in [9.17, 15) is 0 Å². The molecule has 0 saturated heterocycles. The molecule has 0 atom stereocenters. The molecule has 2 rings (SSSR count). The highest BCUT2D eigenvalue weighted by Gasteiger charge is 2.00. The maximum Gasteiger partial charge on any atom is 0.119 e. The zero-order chi connectivity index (χ0) is 12.8. The predicted octanol–water partition coefficient (Wildman–Crippen LogP) is 1.38. The summed E-state index contributed by atoms with van der Waals surface area (Å²) in [5, 5.41) is 11.1. The van der Waals surface area contributed by atoms with Crippen LogP contribution in [-0.4, -0.2) is 28.6 Å². The first-order valence-corrected chi connectivity index (χ1v) is 6.01. The molecule has 1 aromatic heterocycles. The van der Waals surface area contributed by atoms with Crippen LogP contribution in [0.3, 0.4) is 0 Å². The molecule has 0 aliphatic heterocycles. The van der Waals surface area contributed by atoms with Crippen LogP contribution >= 0.6 is 0 Å². The maximum absolute atomic E-state index is 5.66. The van der Waals surface area contributed by atoms with Crippen LogP contribution < -0.4 is 10.1 Å². The molecule has 1 N–H and O–H groups in total. The highest BCUT2D eigenvalue weighted by molar-refractivity contribution is 5.27. The minimum Gasteiger partial charge on any atom is -0.492 e. The molecular formula is C13H18N4O. The molecule has 1 heterocycles. The fourth-order valence-corrected chi connectivity index (χ4v) is 1.67. The molecule has 0 fully saturated rings. The van der Waals surface area contributed by atoms with Crippen molar-refractivity contribution in [3.8, 4) is 5.75 Å². The highest BCUT2D eigenvalue weighted by Crippen LogP contribution is 2.12. The van der Waals surface area contributed by atoms with E-state index in [1.807, 2.05) is 44.4 Å². The Balaban J connectivity index is 1.81. The van der Waals surface area contributed by atoms with E-state index in [4.69, 9.17) is 4.74 Å². The highest BCUT2D eigenvalue weighted by atomic mass is 16.5. The summed E-state index contributed by atoms with van der Waals surface area (Å²) in [6.07, 6.45) is 1.93. The molecule has 0 saturated carbocycles. The molecule has 0 aliphatic carbocycles. The van der Waals surface area contributed by atoms with Gasteiger partial charge >= 0.3 is 0 Å². The minimum atomic E-state index is 0.589. The molecule has 0 radical (unpaired) electrons. The van der Waals surface area contributed by atoms with Gasteiger partial charge in [-0.2, -0.15) is 0 Å². The lowest BCUT2D eigenvalue weighted by atomic mass is 10.2. The van der Waals surface area contributed by atoms with Crippen molar-refractivity contribution in [1.29, 1.82) is 0 Å². The van der Waals surface area contributed by atoms with Gasteiger partial charge in [0.15, 0.2) is 0 Å². The first-order valence-electron chi connectivity index (χ1n) is 6.01. The Labute approximate surface area is 107 Å². The van der Waals surface area contributed by atoms with Gasteiger partial charge in [-0.15, -0.1) is 5.10 Å². The first kappa shape index (κ1) is 12.6. The molecule has 0 spiro atoms. The summed E-state index contributed by atoms with van der Waals surface area (Å²) in [5.74, 6) is 0.894. The van der Waals surface area contributed by atoms with Gasteiger partial charge in [0.2, 0.25) is 0 Å². The summed E-state index contributed by atoms with van der Waals surface area (Å²) in [4.78, 5) is 0. The van der Waals surface area contributed by atoms with Crippen molar-refractivity contribution >= 4 is 0 Å². The zero-order valence-corrected chi connectivity index (χ0v) is 10.8. The van der Waals surface area contributed by atoms with E-state index in [0.717, 1.165) is 18.0 Å². The van der Waals surface area contributed by atoms with Gasteiger partial charge in [0, 0.05) is 12.7 Å². The fourth-order valence-electron chi connectivity index (χ4n) is 1.67. The molecule has 0 amide bonds. The standard InChI is InChI=1S/C13H18N4O/c1-11-4-3-5-13(8-11)18-7-6-17-10-12(9-14-2)15-16-17/h3-5,8,10,14H,6-7,9H2,1-2H3. The Morgan fingerprint density at radius 2 is 2.28 bits per heavy atom. The second-order valence-electron chi connectivity index (χ2n) is 4.17. The molecule has 5 heteroatoms. The number of benzene rings is 1. The van der Waals surface area contributed by atoms with Crippen molar-refractivity contribution < 1.29 is 4.74 Å². The number of nitrogens with one attached hydrogen (secondary N) is 1. The van der Waals surface area contributed by atoms with Gasteiger partial charge < -0.3 is 10.1 Å². The maximum atomic E-state index is 5.66. The van der Waals surface area contributed by atoms with Gasteiger partial charge in [0.1, 0.15) is 12.4 Å². The third kappa shape index (κ3) is 3.56. The predicted molar refractivity (Wildman–Crippen MR) is 69.5 cm³/mol. The van der Waals surface area contributed by atoms with Crippen LogP contribution in [0.25, 0.3) is 0 Å². The van der Waals surface area contributed by atoms with Crippen LogP contribution in [0.15, 0.2) is 30.5 Å². The minimum absolute atomic E-state index is 0.589. The average Bonchev–Trinajstić information content (AvgIpc) is 2.78. The van der Waals surface area contributed by atoms with Crippen molar-refractivity contribution in [3.05, 3.63) is 41.7 Å². The fraction of sp³-hybridized carbons (Fsp3) is 0.385. The molecular weight excluding hydrogens is 228 g/mol. The molecule has 5 nitrogen and oxygen atoms in total. The molecule has 0 bridgehead atoms. The second kappa shape index (κ2) is 6.16. The topological polar surface area (TPSA) is 52.0 Å². The number of aryl methyl sites for hydroxylation is 1. The SMILES string of the molecule is CNCc1cn(CCOc2cccc(C)c2)nn1. The lowest BCUT2D eigenvalue weighted by Crippen LogP contribution is -2.09. The number of ether oxygens (including phenoxy) is 1. The van der Waals surface area contributed by atoms with E-state index in [0.29, 0.717) is 13.2 Å². The lowest BCUT2D eigenvalue weighted by Gasteiger charge is -2.06. The summed E-state index contributed by atoms with van der Waals surface area (Å²) in [6.45, 7) is 4.07. The van der Waals surface area contributed by atoms with Crippen LogP contribution in [0.1, 0.15) is 11.3 Å². The molecule has 18 heavy (non-hydrogen) atoms. The lowest BCUT2D eigenvalue weighted by molar-refractivity contribution is 0.289. The summed E-state index contributed by atoms with van der Waals surface area (Å²) < 4.78 is 7.45. The van der Waals surface area contributed by atoms with Gasteiger partial charge in [0.25, 0.3) is 0 Å². The molecule has 0 unspecified atom stereocenters. The van der Waals surface area contributed by atoms with Crippen LogP contribution in [0.5, 0.6) is 5.75 Å². The van der Waals surface area contributed by atoms with Gasteiger partial charge in [-0.3, -0.25) is 0 Å². The number of hydrogen-bond acceptors (Lipinski definition) is 4. The summed E-state index contributed by atoms with van der Waals surface area (Å²) in [6, 6.07) is 8.02. The first-order chi connectivity index (χ1) is 8.78. The largest absolute Gasteiger partial charge is 0.492 e. The Morgan fingerprint density at radius 1 is 1.39 bits per heavy atom. The quantitative estimate of drug-likeness (QED) is 0.836. The van der Waals surface area contributed by atoms with E-state index in [1.165, 1.54) is 5.56 Å². The molecule has 0 aliphatic rings. The Hall–Kier alpha value is -1.88. The number of nitrogens with zero attached hydrogens (tertiary/aromatic N) is 3. The normalized spacial score (nSPS) is 10.6. The Bertz CT molecular complexity index is 495. The monoisotopic (exact) mass is 246 g/mol. The summed E-state index contributed by atoms with van der Waals surface area (Å²) in [7, 11) is 1.89. The van der Waals surface area contributed by atoms with Crippen molar-refractivity contribution in [2.75, 3.05) is 13.7 Å². The molecule has 1 aromatic carbocycles. The van der Waals surface area contributed by atoms with Crippen molar-refractivity contribution in [2.24, 2.45) is 0 Å². The van der Waals surface area contributed by atoms with Crippen molar-refractivity contribution in [2.45, 2.75) is 20.0 Å². The number of hydrogen-bond donors (Lipinski definition) is 1. The molecule has 96 valence electrons. The zero-order valence-electron chi connectivity index (χ0n) is 10.8. The Morgan fingerprint density at radius 3 is 3.06 bits per heavy atom. The molecule has 2 aromatic rings. The Kier molecular flexibility index (Phi) is 4.30. The summed E-state index contributed by atoms with van der Waals surface area (Å²) >= 11 is 0. The van der Waals surface area contributed by atoms with Gasteiger partial charge in [0.05, 0.1) is 12.2 Å². The average molecular weight is 246 g/mol. The van der Waals surface area contributed by atoms with E-state index >= 15 is 0 Å². The summed E-state index contributed by atoms with van der Waals surface area (Å²) in [5.41, 5.74) is 2.14. The van der Waals surface area contributed by atoms with Gasteiger partial charge in [-0.1, -0.05) is 17.3 Å². The number of rotatable bonds is 6. The van der Waals surface area contributed by atoms with Crippen molar-refractivity contribution in [1.82, 2.24) is 20.3 Å². The second-order valence-corrected chi connectivity index (χ2v) is 4.17. The third-order valence-electron chi connectivity index (χ3n) is 2.52. The number of aromatic nitrogens is 3. The van der Waals surface area contributed by atoms with Gasteiger partial charge in [-0.05, 0) is 31.7 Å². The van der Waals surface area contributed by atoms with Crippen LogP contribution in [-0.2, 0) is 13.1 Å². The van der Waals surface area contributed by atoms with Crippen molar-refractivity contribution in [3.63, 3.8) is 0 Å². The van der Waals surface area contributed by atoms with E-state index in [2.05, 4.69) is 15.6 Å². The van der Waals surface area contributed by atoms with Gasteiger partial charge in [-0.25, -0.2) is 4.68 Å². The van der Waals surface area contributed by atoms with Crippen LogP contribution in [0.2, 0.25) is 0 Å². The van der Waals surface area contributed by atoms with Crippen LogP contribution in [0.4, 0.5) is 0 Å².